The normalized spacial score (nSPS) is 43.1. The van der Waals surface area contributed by atoms with E-state index in [1.807, 2.05) is 0 Å². The van der Waals surface area contributed by atoms with E-state index in [2.05, 4.69) is 27.4 Å². The summed E-state index contributed by atoms with van der Waals surface area (Å²) in [4.78, 5) is 6.99. The summed E-state index contributed by atoms with van der Waals surface area (Å²) in [6, 6.07) is 0.195. The first-order chi connectivity index (χ1) is 13.6. The number of nitrogens with zero attached hydrogens (tertiary/aromatic N) is 2. The second-order valence-corrected chi connectivity index (χ2v) is 10.3. The van der Waals surface area contributed by atoms with Crippen LogP contribution >= 0.6 is 0 Å². The summed E-state index contributed by atoms with van der Waals surface area (Å²) < 4.78 is 33.4. The number of aliphatic imine (C=N–C) groups is 1. The summed E-state index contributed by atoms with van der Waals surface area (Å²) in [7, 11) is 0.560. The van der Waals surface area contributed by atoms with Gasteiger partial charge in [-0.1, -0.05) is 13.3 Å². The van der Waals surface area contributed by atoms with Gasteiger partial charge in [-0.2, -0.15) is 0 Å². The van der Waals surface area contributed by atoms with Crippen molar-refractivity contribution in [2.24, 2.45) is 10.9 Å². The van der Waals surface area contributed by atoms with Crippen molar-refractivity contribution < 1.29 is 13.3 Å². The molecule has 1 saturated carbocycles. The number of likely N-dealkylation sites (tertiary alicyclic amines) is 1. The van der Waals surface area contributed by atoms with Crippen LogP contribution in [0, 0.1) is 5.92 Å². The molecule has 0 bridgehead atoms. The van der Waals surface area contributed by atoms with Crippen LogP contribution in [0.5, 0.6) is 0 Å². The average molecular weight is 415 g/mol. The first kappa shape index (κ1) is 20.7. The lowest BCUT2D eigenvalue weighted by molar-refractivity contribution is 0.0224. The summed E-state index contributed by atoms with van der Waals surface area (Å²) in [5.74, 6) is 0.839. The van der Waals surface area contributed by atoms with Gasteiger partial charge in [-0.25, -0.2) is 4.39 Å². The summed E-state index contributed by atoms with van der Waals surface area (Å²) in [5, 5.41) is 7.47. The highest BCUT2D eigenvalue weighted by atomic mass is 32.2. The monoisotopic (exact) mass is 414 g/mol. The van der Waals surface area contributed by atoms with Crippen LogP contribution in [0.15, 0.2) is 4.99 Å². The first-order valence-corrected chi connectivity index (χ1v) is 12.3. The molecule has 0 aromatic carbocycles. The third-order valence-corrected chi connectivity index (χ3v) is 8.52. The van der Waals surface area contributed by atoms with E-state index < -0.39 is 17.0 Å². The van der Waals surface area contributed by atoms with Gasteiger partial charge in [0.05, 0.1) is 29.0 Å². The predicted octanol–water partition coefficient (Wildman–Crippen LogP) is 1.43. The number of alkyl halides is 1. The molecule has 8 atom stereocenters. The smallest absolute Gasteiger partial charge is 0.188 e. The van der Waals surface area contributed by atoms with Gasteiger partial charge in [0.1, 0.15) is 6.17 Å². The van der Waals surface area contributed by atoms with Crippen LogP contribution in [0.4, 0.5) is 4.39 Å². The van der Waals surface area contributed by atoms with E-state index in [1.165, 1.54) is 19.3 Å². The van der Waals surface area contributed by atoms with Crippen LogP contribution in [0.3, 0.4) is 0 Å². The Bertz CT molecular complexity index is 601. The molecular weight excluding hydrogens is 379 g/mol. The Labute approximate surface area is 170 Å². The lowest BCUT2D eigenvalue weighted by Gasteiger charge is -2.42. The lowest BCUT2D eigenvalue weighted by Crippen LogP contribution is -2.54. The first-order valence-electron chi connectivity index (χ1n) is 10.9. The van der Waals surface area contributed by atoms with Crippen molar-refractivity contribution >= 4 is 16.0 Å². The number of fused-ring (bicyclic) bond motifs is 1. The molecule has 28 heavy (non-hydrogen) atoms. The van der Waals surface area contributed by atoms with Crippen molar-refractivity contribution in [1.82, 2.24) is 15.5 Å². The zero-order chi connectivity index (χ0) is 19.7. The van der Waals surface area contributed by atoms with E-state index in [0.717, 1.165) is 32.5 Å². The highest BCUT2D eigenvalue weighted by molar-refractivity contribution is 8.00. The van der Waals surface area contributed by atoms with Crippen LogP contribution in [-0.2, 0) is 15.5 Å². The van der Waals surface area contributed by atoms with E-state index in [4.69, 9.17) is 4.74 Å². The maximum Gasteiger partial charge on any atom is 0.188 e. The minimum atomic E-state index is -1.19. The maximum absolute atomic E-state index is 14.9. The molecule has 0 radical (unpaired) electrons. The Morgan fingerprint density at radius 2 is 2.07 bits per heavy atom. The standard InChI is InChI=1S/C20H35FN4O2S/c1-13-17(22-7-6-19(13)27-2)12-28(26)20-23-15-10-14(21)18(11-16(15)24-20)25-8-4-3-5-9-25/h13-19,22H,3-12H2,1-2H3,(H,23,24). The molecule has 0 amide bonds. The Balaban J connectivity index is 1.35. The van der Waals surface area contributed by atoms with Gasteiger partial charge in [-0.05, 0) is 51.2 Å². The molecule has 0 aromatic heterocycles. The Hall–Kier alpha value is -0.570. The van der Waals surface area contributed by atoms with Crippen LogP contribution in [-0.4, -0.2) is 83.2 Å². The fourth-order valence-corrected chi connectivity index (χ4v) is 6.86. The number of amidine groups is 1. The molecule has 8 heteroatoms. The summed E-state index contributed by atoms with van der Waals surface area (Å²) in [5.41, 5.74) is 0. The molecule has 6 nitrogen and oxygen atoms in total. The number of nitrogens with one attached hydrogen (secondary N) is 2. The largest absolute Gasteiger partial charge is 0.381 e. The Kier molecular flexibility index (Phi) is 6.70. The molecule has 2 N–H and O–H groups in total. The van der Waals surface area contributed by atoms with Gasteiger partial charge >= 0.3 is 0 Å². The molecule has 4 aliphatic rings. The average Bonchev–Trinajstić information content (AvgIpc) is 3.12. The van der Waals surface area contributed by atoms with Gasteiger partial charge in [0, 0.05) is 31.4 Å². The van der Waals surface area contributed by atoms with E-state index in [-0.39, 0.29) is 30.3 Å². The third-order valence-electron chi connectivity index (χ3n) is 7.20. The van der Waals surface area contributed by atoms with Crippen molar-refractivity contribution in [1.29, 1.82) is 0 Å². The van der Waals surface area contributed by atoms with Crippen molar-refractivity contribution in [3.63, 3.8) is 0 Å². The van der Waals surface area contributed by atoms with Gasteiger partial charge in [-0.15, -0.1) is 0 Å². The quantitative estimate of drug-likeness (QED) is 0.729. The summed E-state index contributed by atoms with van der Waals surface area (Å²) in [6.07, 6.45) is 5.18. The van der Waals surface area contributed by atoms with Crippen LogP contribution in [0.2, 0.25) is 0 Å². The minimum absolute atomic E-state index is 0.0143. The fourth-order valence-electron chi connectivity index (χ4n) is 5.42. The second-order valence-electron chi connectivity index (χ2n) is 8.90. The van der Waals surface area contributed by atoms with Crippen LogP contribution in [0.1, 0.15) is 45.4 Å². The van der Waals surface area contributed by atoms with Gasteiger partial charge in [0.25, 0.3) is 0 Å². The number of halogens is 1. The molecule has 2 saturated heterocycles. The Morgan fingerprint density at radius 1 is 1.29 bits per heavy atom. The zero-order valence-corrected chi connectivity index (χ0v) is 17.9. The molecule has 1 aliphatic carbocycles. The molecule has 4 rings (SSSR count). The minimum Gasteiger partial charge on any atom is -0.381 e. The van der Waals surface area contributed by atoms with Crippen LogP contribution < -0.4 is 10.6 Å². The van der Waals surface area contributed by atoms with E-state index in [9.17, 15) is 8.60 Å². The van der Waals surface area contributed by atoms with Crippen molar-refractivity contribution in [3.05, 3.63) is 0 Å². The van der Waals surface area contributed by atoms with E-state index >= 15 is 0 Å². The number of hydrogen-bond donors (Lipinski definition) is 2. The number of rotatable bonds is 4. The zero-order valence-electron chi connectivity index (χ0n) is 17.1. The van der Waals surface area contributed by atoms with Crippen molar-refractivity contribution in [2.45, 2.75) is 81.9 Å². The molecule has 3 aliphatic heterocycles. The lowest BCUT2D eigenvalue weighted by atomic mass is 9.84. The second kappa shape index (κ2) is 9.06. The van der Waals surface area contributed by atoms with Gasteiger partial charge in [-0.3, -0.25) is 14.1 Å². The molecule has 160 valence electrons. The SMILES string of the molecule is COC1CCNC(CS(=O)C2=NC3CC(F)C(N4CCCCC4)CC3N2)C1C. The van der Waals surface area contributed by atoms with Crippen LogP contribution in [0.25, 0.3) is 0 Å². The number of piperidine rings is 2. The van der Waals surface area contributed by atoms with Gasteiger partial charge in [0.2, 0.25) is 0 Å². The topological polar surface area (TPSA) is 66.0 Å². The molecule has 0 aromatic rings. The summed E-state index contributed by atoms with van der Waals surface area (Å²) in [6.45, 7) is 5.06. The molecule has 0 spiro atoms. The van der Waals surface area contributed by atoms with Gasteiger partial charge < -0.3 is 15.4 Å². The van der Waals surface area contributed by atoms with Gasteiger partial charge in [0.15, 0.2) is 5.17 Å². The Morgan fingerprint density at radius 3 is 2.82 bits per heavy atom. The highest BCUT2D eigenvalue weighted by Crippen LogP contribution is 2.32. The molecule has 3 heterocycles. The molecule has 3 fully saturated rings. The predicted molar refractivity (Wildman–Crippen MR) is 111 cm³/mol. The fraction of sp³-hybridized carbons (Fsp3) is 0.950. The number of ether oxygens (including phenoxy) is 1. The molecule has 8 unspecified atom stereocenters. The van der Waals surface area contributed by atoms with Crippen molar-refractivity contribution in [3.8, 4) is 0 Å². The maximum atomic E-state index is 14.9. The van der Waals surface area contributed by atoms with E-state index in [0.29, 0.717) is 23.3 Å². The van der Waals surface area contributed by atoms with Crippen molar-refractivity contribution in [2.75, 3.05) is 32.5 Å². The third kappa shape index (κ3) is 4.30. The highest BCUT2D eigenvalue weighted by Gasteiger charge is 2.44. The summed E-state index contributed by atoms with van der Waals surface area (Å²) >= 11 is 0. The number of methoxy groups -OCH3 is 1. The van der Waals surface area contributed by atoms with E-state index in [1.54, 1.807) is 7.11 Å². The molecular formula is C20H35FN4O2S. The number of hydrogen-bond acceptors (Lipinski definition) is 6.